The Morgan fingerprint density at radius 2 is 1.57 bits per heavy atom. The monoisotopic (exact) mass is 310 g/mol. The van der Waals surface area contributed by atoms with Gasteiger partial charge in [0, 0.05) is 5.56 Å². The Morgan fingerprint density at radius 3 is 2.26 bits per heavy atom. The van der Waals surface area contributed by atoms with Crippen molar-refractivity contribution in [1.29, 1.82) is 0 Å². The molecule has 2 nitrogen and oxygen atoms in total. The third kappa shape index (κ3) is 6.27. The molecular formula is C21H26O2. The zero-order valence-corrected chi connectivity index (χ0v) is 14.0. The molecule has 0 spiro atoms. The van der Waals surface area contributed by atoms with E-state index in [1.165, 1.54) is 37.7 Å². The van der Waals surface area contributed by atoms with Crippen LogP contribution in [0.3, 0.4) is 0 Å². The fourth-order valence-electron chi connectivity index (χ4n) is 2.54. The number of benzene rings is 2. The molecule has 0 aromatic heterocycles. The minimum Gasteiger partial charge on any atom is -0.485 e. The van der Waals surface area contributed by atoms with Crippen LogP contribution >= 0.6 is 0 Å². The van der Waals surface area contributed by atoms with Crippen LogP contribution in [-0.4, -0.2) is 12.4 Å². The van der Waals surface area contributed by atoms with Crippen LogP contribution < -0.4 is 4.74 Å². The van der Waals surface area contributed by atoms with Gasteiger partial charge in [0.15, 0.2) is 12.4 Å². The van der Waals surface area contributed by atoms with Crippen molar-refractivity contribution in [2.75, 3.05) is 6.61 Å². The molecule has 0 saturated carbocycles. The average Bonchev–Trinajstić information content (AvgIpc) is 2.61. The van der Waals surface area contributed by atoms with Crippen molar-refractivity contribution in [3.05, 3.63) is 65.7 Å². The smallest absolute Gasteiger partial charge is 0.200 e. The second-order valence-electron chi connectivity index (χ2n) is 5.89. The molecule has 0 aliphatic carbocycles. The van der Waals surface area contributed by atoms with Gasteiger partial charge in [-0.1, -0.05) is 75.1 Å². The van der Waals surface area contributed by atoms with Gasteiger partial charge in [-0.25, -0.2) is 0 Å². The zero-order valence-electron chi connectivity index (χ0n) is 14.0. The van der Waals surface area contributed by atoms with E-state index in [0.29, 0.717) is 0 Å². The molecule has 0 N–H and O–H groups in total. The van der Waals surface area contributed by atoms with Gasteiger partial charge in [0.05, 0.1) is 0 Å². The molecule has 0 radical (unpaired) electrons. The number of ether oxygens (including phenoxy) is 1. The van der Waals surface area contributed by atoms with E-state index in [4.69, 9.17) is 4.74 Å². The van der Waals surface area contributed by atoms with Crippen LogP contribution in [0.25, 0.3) is 0 Å². The standard InChI is InChI=1S/C21H26O2/c1-2-3-4-5-7-10-18-13-15-19(16-14-18)21(22)17-23-20-11-8-6-9-12-20/h6,8-9,11-16H,2-5,7,10,17H2,1H3. The number of rotatable bonds is 10. The molecule has 2 aromatic carbocycles. The first kappa shape index (κ1) is 17.3. The second kappa shape index (κ2) is 9.83. The third-order valence-corrected chi connectivity index (χ3v) is 3.96. The van der Waals surface area contributed by atoms with E-state index >= 15 is 0 Å². The average molecular weight is 310 g/mol. The van der Waals surface area contributed by atoms with Crippen molar-refractivity contribution in [3.63, 3.8) is 0 Å². The highest BCUT2D eigenvalue weighted by molar-refractivity contribution is 5.97. The Kier molecular flexibility index (Phi) is 7.38. The Hall–Kier alpha value is -2.09. The molecular weight excluding hydrogens is 284 g/mol. The summed E-state index contributed by atoms with van der Waals surface area (Å²) in [6.07, 6.45) is 7.54. The summed E-state index contributed by atoms with van der Waals surface area (Å²) < 4.78 is 5.51. The van der Waals surface area contributed by atoms with Gasteiger partial charge >= 0.3 is 0 Å². The van der Waals surface area contributed by atoms with Crippen LogP contribution in [-0.2, 0) is 6.42 Å². The lowest BCUT2D eigenvalue weighted by Gasteiger charge is -2.06. The first-order valence-electron chi connectivity index (χ1n) is 8.59. The molecule has 0 bridgehead atoms. The van der Waals surface area contributed by atoms with E-state index in [9.17, 15) is 4.79 Å². The first-order valence-corrected chi connectivity index (χ1v) is 8.59. The molecule has 122 valence electrons. The predicted octanol–water partition coefficient (Wildman–Crippen LogP) is 5.46. The minimum absolute atomic E-state index is 0.0170. The second-order valence-corrected chi connectivity index (χ2v) is 5.89. The third-order valence-electron chi connectivity index (χ3n) is 3.96. The summed E-state index contributed by atoms with van der Waals surface area (Å²) in [5.41, 5.74) is 2.03. The summed E-state index contributed by atoms with van der Waals surface area (Å²) in [6.45, 7) is 2.32. The summed E-state index contributed by atoms with van der Waals surface area (Å²) in [4.78, 5) is 12.1. The van der Waals surface area contributed by atoms with Gasteiger partial charge in [-0.2, -0.15) is 0 Å². The topological polar surface area (TPSA) is 26.3 Å². The van der Waals surface area contributed by atoms with Crippen molar-refractivity contribution < 1.29 is 9.53 Å². The molecule has 0 amide bonds. The quantitative estimate of drug-likeness (QED) is 0.430. The van der Waals surface area contributed by atoms with E-state index in [1.54, 1.807) is 0 Å². The fourth-order valence-corrected chi connectivity index (χ4v) is 2.54. The van der Waals surface area contributed by atoms with Crippen LogP contribution in [0.4, 0.5) is 0 Å². The zero-order chi connectivity index (χ0) is 16.3. The number of hydrogen-bond acceptors (Lipinski definition) is 2. The highest BCUT2D eigenvalue weighted by Crippen LogP contribution is 2.12. The summed E-state index contributed by atoms with van der Waals surface area (Å²) in [5.74, 6) is 0.743. The maximum Gasteiger partial charge on any atom is 0.200 e. The van der Waals surface area contributed by atoms with E-state index in [0.717, 1.165) is 17.7 Å². The highest BCUT2D eigenvalue weighted by atomic mass is 16.5. The molecule has 0 aliphatic heterocycles. The number of Topliss-reactive ketones (excluding diaryl/α,β-unsaturated/α-hetero) is 1. The van der Waals surface area contributed by atoms with Crippen molar-refractivity contribution in [3.8, 4) is 5.75 Å². The number of aryl methyl sites for hydroxylation is 1. The van der Waals surface area contributed by atoms with Crippen LogP contribution in [0.2, 0.25) is 0 Å². The Bertz CT molecular complexity index is 573. The van der Waals surface area contributed by atoms with Gasteiger partial charge in [-0.15, -0.1) is 0 Å². The maximum atomic E-state index is 12.1. The Balaban J connectivity index is 1.76. The molecule has 0 atom stereocenters. The Labute approximate surface area is 139 Å². The molecule has 2 aromatic rings. The van der Waals surface area contributed by atoms with Gasteiger partial charge in [0.2, 0.25) is 0 Å². The van der Waals surface area contributed by atoms with Crippen molar-refractivity contribution in [2.24, 2.45) is 0 Å². The maximum absolute atomic E-state index is 12.1. The van der Waals surface area contributed by atoms with Crippen molar-refractivity contribution in [2.45, 2.75) is 45.4 Å². The summed E-state index contributed by atoms with van der Waals surface area (Å²) in [6, 6.07) is 17.4. The molecule has 2 heteroatoms. The molecule has 2 rings (SSSR count). The van der Waals surface area contributed by atoms with E-state index in [2.05, 4.69) is 19.1 Å². The van der Waals surface area contributed by atoms with Crippen LogP contribution in [0.15, 0.2) is 54.6 Å². The summed E-state index contributed by atoms with van der Waals surface area (Å²) in [7, 11) is 0. The number of carbonyl (C=O) groups excluding carboxylic acids is 1. The molecule has 0 fully saturated rings. The lowest BCUT2D eigenvalue weighted by atomic mass is 10.0. The number of ketones is 1. The molecule has 0 aliphatic rings. The summed E-state index contributed by atoms with van der Waals surface area (Å²) >= 11 is 0. The van der Waals surface area contributed by atoms with Gasteiger partial charge in [-0.3, -0.25) is 4.79 Å². The lowest BCUT2D eigenvalue weighted by molar-refractivity contribution is 0.0921. The fraction of sp³-hybridized carbons (Fsp3) is 0.381. The van der Waals surface area contributed by atoms with Gasteiger partial charge in [-0.05, 0) is 30.5 Å². The lowest BCUT2D eigenvalue weighted by Crippen LogP contribution is -2.11. The van der Waals surface area contributed by atoms with Crippen molar-refractivity contribution >= 4 is 5.78 Å². The minimum atomic E-state index is 0.0170. The Morgan fingerprint density at radius 1 is 0.870 bits per heavy atom. The number of para-hydroxylation sites is 1. The first-order chi connectivity index (χ1) is 11.3. The molecule has 0 saturated heterocycles. The number of unbranched alkanes of at least 4 members (excludes halogenated alkanes) is 4. The molecule has 0 heterocycles. The number of carbonyl (C=O) groups is 1. The van der Waals surface area contributed by atoms with E-state index < -0.39 is 0 Å². The van der Waals surface area contributed by atoms with Gasteiger partial charge < -0.3 is 4.74 Å². The van der Waals surface area contributed by atoms with E-state index in [1.807, 2.05) is 42.5 Å². The SMILES string of the molecule is CCCCCCCc1ccc(C(=O)COc2ccccc2)cc1. The van der Waals surface area contributed by atoms with Crippen LogP contribution in [0.1, 0.15) is 54.9 Å². The highest BCUT2D eigenvalue weighted by Gasteiger charge is 2.06. The van der Waals surface area contributed by atoms with Crippen molar-refractivity contribution in [1.82, 2.24) is 0 Å². The predicted molar refractivity (Wildman–Crippen MR) is 95.2 cm³/mol. The normalized spacial score (nSPS) is 10.5. The van der Waals surface area contributed by atoms with Crippen LogP contribution in [0.5, 0.6) is 5.75 Å². The largest absolute Gasteiger partial charge is 0.485 e. The van der Waals surface area contributed by atoms with E-state index in [-0.39, 0.29) is 12.4 Å². The molecule has 0 unspecified atom stereocenters. The van der Waals surface area contributed by atoms with Gasteiger partial charge in [0.1, 0.15) is 5.75 Å². The van der Waals surface area contributed by atoms with Crippen LogP contribution in [0, 0.1) is 0 Å². The number of hydrogen-bond donors (Lipinski definition) is 0. The summed E-state index contributed by atoms with van der Waals surface area (Å²) in [5, 5.41) is 0. The van der Waals surface area contributed by atoms with Gasteiger partial charge in [0.25, 0.3) is 0 Å². The molecule has 23 heavy (non-hydrogen) atoms.